The number of nitrogens with zero attached hydrogens (tertiary/aromatic N) is 4. The van der Waals surface area contributed by atoms with Crippen molar-refractivity contribution in [3.8, 4) is 11.6 Å². The first-order valence-corrected chi connectivity index (χ1v) is 8.37. The van der Waals surface area contributed by atoms with Crippen LogP contribution in [-0.4, -0.2) is 44.2 Å². The van der Waals surface area contributed by atoms with Crippen molar-refractivity contribution in [1.29, 1.82) is 0 Å². The van der Waals surface area contributed by atoms with Crippen molar-refractivity contribution < 1.29 is 4.52 Å². The molecule has 0 aliphatic carbocycles. The zero-order valence-corrected chi connectivity index (χ0v) is 13.1. The van der Waals surface area contributed by atoms with Gasteiger partial charge in [-0.1, -0.05) is 12.1 Å². The molecule has 3 rings (SSSR count). The van der Waals surface area contributed by atoms with Crippen molar-refractivity contribution in [1.82, 2.24) is 25.4 Å². The Kier molecular flexibility index (Phi) is 4.50. The van der Waals surface area contributed by atoms with E-state index in [2.05, 4.69) is 32.3 Å². The van der Waals surface area contributed by atoms with E-state index in [1.165, 1.54) is 0 Å². The highest BCUT2D eigenvalue weighted by molar-refractivity contribution is 7.99. The molecule has 21 heavy (non-hydrogen) atoms. The second-order valence-corrected chi connectivity index (χ2v) is 6.32. The Hall–Kier alpha value is -1.47. The smallest absolute Gasteiger partial charge is 0.240 e. The molecule has 3 heterocycles. The van der Waals surface area contributed by atoms with Crippen molar-refractivity contribution in [2.24, 2.45) is 0 Å². The van der Waals surface area contributed by atoms with Gasteiger partial charge in [-0.05, 0) is 25.5 Å². The fourth-order valence-electron chi connectivity index (χ4n) is 2.31. The quantitative estimate of drug-likeness (QED) is 0.905. The van der Waals surface area contributed by atoms with Crippen LogP contribution in [0.15, 0.2) is 16.9 Å². The lowest BCUT2D eigenvalue weighted by Crippen LogP contribution is -2.34. The summed E-state index contributed by atoms with van der Waals surface area (Å²) in [6.07, 6.45) is 4.64. The summed E-state index contributed by atoms with van der Waals surface area (Å²) in [7, 11) is 0. The van der Waals surface area contributed by atoms with Gasteiger partial charge < -0.3 is 9.84 Å². The van der Waals surface area contributed by atoms with Crippen LogP contribution in [0.4, 0.5) is 0 Å². The van der Waals surface area contributed by atoms with E-state index >= 15 is 0 Å². The summed E-state index contributed by atoms with van der Waals surface area (Å²) in [5.74, 6) is 4.04. The van der Waals surface area contributed by atoms with Crippen LogP contribution in [0.3, 0.4) is 0 Å². The van der Waals surface area contributed by atoms with Gasteiger partial charge in [-0.2, -0.15) is 16.7 Å². The Labute approximate surface area is 128 Å². The zero-order valence-electron chi connectivity index (χ0n) is 12.2. The Bertz CT molecular complexity index is 585. The summed E-state index contributed by atoms with van der Waals surface area (Å²) >= 11 is 1.92. The molecule has 1 saturated heterocycles. The van der Waals surface area contributed by atoms with Crippen LogP contribution in [0.1, 0.15) is 30.7 Å². The van der Waals surface area contributed by atoms with Crippen molar-refractivity contribution in [3.63, 3.8) is 0 Å². The van der Waals surface area contributed by atoms with E-state index in [1.54, 1.807) is 12.4 Å². The summed E-state index contributed by atoms with van der Waals surface area (Å²) in [5, 5.41) is 7.58. The van der Waals surface area contributed by atoms with Gasteiger partial charge in [0.05, 0.1) is 5.92 Å². The van der Waals surface area contributed by atoms with Crippen molar-refractivity contribution in [2.75, 3.05) is 18.1 Å². The molecule has 1 N–H and O–H groups in total. The highest BCUT2D eigenvalue weighted by atomic mass is 32.2. The Balaban J connectivity index is 1.76. The average Bonchev–Trinajstić information content (AvgIpc) is 3.14. The standard InChI is InChI=1S/C14H19N5OS/c1-3-4-15-11-8-21-7-10(11)14-18-13(19-20-14)12-16-5-9(2)6-17-12/h5-6,10-11,15H,3-4,7-8H2,1-2H3. The SMILES string of the molecule is CCCNC1CSCC1c1nc(-c2ncc(C)cn2)no1. The monoisotopic (exact) mass is 305 g/mol. The fraction of sp³-hybridized carbons (Fsp3) is 0.571. The first-order chi connectivity index (χ1) is 10.3. The lowest BCUT2D eigenvalue weighted by atomic mass is 10.0. The third-order valence-electron chi connectivity index (χ3n) is 3.48. The highest BCUT2D eigenvalue weighted by Crippen LogP contribution is 2.32. The molecule has 2 unspecified atom stereocenters. The molecule has 1 fully saturated rings. The number of rotatable bonds is 5. The van der Waals surface area contributed by atoms with Crippen LogP contribution < -0.4 is 5.32 Å². The molecule has 2 aromatic heterocycles. The maximum atomic E-state index is 5.45. The van der Waals surface area contributed by atoms with E-state index in [1.807, 2.05) is 18.7 Å². The van der Waals surface area contributed by atoms with Crippen LogP contribution in [0.5, 0.6) is 0 Å². The van der Waals surface area contributed by atoms with Gasteiger partial charge in [0.15, 0.2) is 0 Å². The fourth-order valence-corrected chi connectivity index (χ4v) is 3.68. The van der Waals surface area contributed by atoms with E-state index in [0.717, 1.165) is 30.0 Å². The predicted molar refractivity (Wildman–Crippen MR) is 82.2 cm³/mol. The molecule has 0 radical (unpaired) electrons. The molecule has 7 heteroatoms. The van der Waals surface area contributed by atoms with Crippen molar-refractivity contribution >= 4 is 11.8 Å². The normalized spacial score (nSPS) is 21.8. The molecule has 1 aliphatic heterocycles. The number of hydrogen-bond acceptors (Lipinski definition) is 7. The van der Waals surface area contributed by atoms with Crippen molar-refractivity contribution in [2.45, 2.75) is 32.2 Å². The van der Waals surface area contributed by atoms with E-state index in [4.69, 9.17) is 4.52 Å². The van der Waals surface area contributed by atoms with Crippen LogP contribution >= 0.6 is 11.8 Å². The lowest BCUT2D eigenvalue weighted by Gasteiger charge is -2.16. The van der Waals surface area contributed by atoms with Gasteiger partial charge in [0, 0.05) is 29.9 Å². The molecule has 0 spiro atoms. The average molecular weight is 305 g/mol. The molecule has 2 atom stereocenters. The summed E-state index contributed by atoms with van der Waals surface area (Å²) < 4.78 is 5.45. The third kappa shape index (κ3) is 3.24. The molecule has 2 aromatic rings. The van der Waals surface area contributed by atoms with Crippen LogP contribution in [0.2, 0.25) is 0 Å². The maximum absolute atomic E-state index is 5.45. The van der Waals surface area contributed by atoms with Crippen LogP contribution in [0.25, 0.3) is 11.6 Å². The number of aromatic nitrogens is 4. The number of aryl methyl sites for hydroxylation is 1. The van der Waals surface area contributed by atoms with Crippen molar-refractivity contribution in [3.05, 3.63) is 23.8 Å². The van der Waals surface area contributed by atoms with E-state index in [9.17, 15) is 0 Å². The number of thioether (sulfide) groups is 1. The molecule has 0 aromatic carbocycles. The second kappa shape index (κ2) is 6.53. The van der Waals surface area contributed by atoms with Gasteiger partial charge in [0.2, 0.25) is 17.5 Å². The molecule has 112 valence electrons. The molecule has 0 amide bonds. The van der Waals surface area contributed by atoms with Gasteiger partial charge in [-0.25, -0.2) is 9.97 Å². The molecule has 1 aliphatic rings. The van der Waals surface area contributed by atoms with Gasteiger partial charge >= 0.3 is 0 Å². The van der Waals surface area contributed by atoms with E-state index in [-0.39, 0.29) is 5.92 Å². The highest BCUT2D eigenvalue weighted by Gasteiger charge is 2.33. The Morgan fingerprint density at radius 2 is 2.10 bits per heavy atom. The van der Waals surface area contributed by atoms with Crippen LogP contribution in [-0.2, 0) is 0 Å². The lowest BCUT2D eigenvalue weighted by molar-refractivity contribution is 0.339. The van der Waals surface area contributed by atoms with E-state index in [0.29, 0.717) is 23.6 Å². The first-order valence-electron chi connectivity index (χ1n) is 7.21. The van der Waals surface area contributed by atoms with Gasteiger partial charge in [-0.15, -0.1) is 0 Å². The minimum Gasteiger partial charge on any atom is -0.338 e. The Morgan fingerprint density at radius 1 is 1.29 bits per heavy atom. The van der Waals surface area contributed by atoms with E-state index < -0.39 is 0 Å². The van der Waals surface area contributed by atoms with Gasteiger partial charge in [0.1, 0.15) is 0 Å². The first kappa shape index (κ1) is 14.5. The van der Waals surface area contributed by atoms with Gasteiger partial charge in [-0.3, -0.25) is 0 Å². The summed E-state index contributed by atoms with van der Waals surface area (Å²) in [5.41, 5.74) is 1.01. The molecular formula is C14H19N5OS. The molecule has 6 nitrogen and oxygen atoms in total. The van der Waals surface area contributed by atoms with Gasteiger partial charge in [0.25, 0.3) is 0 Å². The third-order valence-corrected chi connectivity index (χ3v) is 4.67. The predicted octanol–water partition coefficient (Wildman–Crippen LogP) is 2.03. The largest absolute Gasteiger partial charge is 0.338 e. The topological polar surface area (TPSA) is 76.7 Å². The number of hydrogen-bond donors (Lipinski definition) is 1. The maximum Gasteiger partial charge on any atom is 0.240 e. The molecule has 0 bridgehead atoms. The minimum atomic E-state index is 0.272. The second-order valence-electron chi connectivity index (χ2n) is 5.24. The summed E-state index contributed by atoms with van der Waals surface area (Å²) in [4.78, 5) is 13.0. The van der Waals surface area contributed by atoms with Crippen LogP contribution in [0, 0.1) is 6.92 Å². The summed E-state index contributed by atoms with van der Waals surface area (Å²) in [6.45, 7) is 5.14. The summed E-state index contributed by atoms with van der Waals surface area (Å²) in [6, 6.07) is 0.405. The molecule has 0 saturated carbocycles. The zero-order chi connectivity index (χ0) is 14.7. The molecular weight excluding hydrogens is 286 g/mol. The minimum absolute atomic E-state index is 0.272. The Morgan fingerprint density at radius 3 is 2.86 bits per heavy atom. The number of nitrogens with one attached hydrogen (secondary N) is 1.